The van der Waals surface area contributed by atoms with Crippen molar-refractivity contribution in [1.82, 2.24) is 30.2 Å². The SMILES string of the molecule is Nc1nc(NCc2ccccc2-c2ccccc2)nc2c(/C=C3\NC(=O)NC3=O)cnn12. The second-order valence-corrected chi connectivity index (χ2v) is 7.08. The summed E-state index contributed by atoms with van der Waals surface area (Å²) in [6.07, 6.45) is 2.99. The van der Waals surface area contributed by atoms with E-state index in [1.807, 2.05) is 36.4 Å². The maximum atomic E-state index is 11.8. The van der Waals surface area contributed by atoms with Crippen molar-refractivity contribution in [3.8, 4) is 11.1 Å². The Balaban J connectivity index is 1.45. The number of nitrogens with two attached hydrogens (primary N) is 1. The summed E-state index contributed by atoms with van der Waals surface area (Å²) in [6, 6.07) is 17.6. The Hall–Kier alpha value is -4.73. The highest BCUT2D eigenvalue weighted by Crippen LogP contribution is 2.24. The van der Waals surface area contributed by atoms with Crippen molar-refractivity contribution in [3.05, 3.63) is 77.6 Å². The number of fused-ring (bicyclic) bond motifs is 1. The van der Waals surface area contributed by atoms with Gasteiger partial charge in [0.25, 0.3) is 5.91 Å². The minimum atomic E-state index is -0.577. The fraction of sp³-hybridized carbons (Fsp3) is 0.0455. The first kappa shape index (κ1) is 19.2. The van der Waals surface area contributed by atoms with Crippen LogP contribution in [0.25, 0.3) is 22.9 Å². The maximum absolute atomic E-state index is 11.8. The van der Waals surface area contributed by atoms with Crippen LogP contribution < -0.4 is 21.7 Å². The van der Waals surface area contributed by atoms with Gasteiger partial charge in [0.2, 0.25) is 11.9 Å². The number of aromatic nitrogens is 4. The molecule has 0 unspecified atom stereocenters. The zero-order valence-electron chi connectivity index (χ0n) is 16.7. The number of amides is 3. The van der Waals surface area contributed by atoms with Crippen LogP contribution in [0.4, 0.5) is 16.7 Å². The average Bonchev–Trinajstić information content (AvgIpc) is 3.35. The van der Waals surface area contributed by atoms with Crippen LogP contribution >= 0.6 is 0 Å². The molecule has 10 heteroatoms. The number of anilines is 2. The number of carbonyl (C=O) groups is 2. The van der Waals surface area contributed by atoms with Crippen LogP contribution in [-0.4, -0.2) is 31.5 Å². The predicted octanol–water partition coefficient (Wildman–Crippen LogP) is 2.17. The molecule has 0 radical (unpaired) electrons. The van der Waals surface area contributed by atoms with Crippen LogP contribution in [0.2, 0.25) is 0 Å². The van der Waals surface area contributed by atoms with Crippen LogP contribution in [0.3, 0.4) is 0 Å². The summed E-state index contributed by atoms with van der Waals surface area (Å²) in [6.45, 7) is 0.476. The number of nitrogen functional groups attached to an aromatic ring is 1. The smallest absolute Gasteiger partial charge is 0.326 e. The normalized spacial score (nSPS) is 14.6. The third-order valence-electron chi connectivity index (χ3n) is 4.98. The molecule has 1 saturated heterocycles. The van der Waals surface area contributed by atoms with Gasteiger partial charge in [-0.3, -0.25) is 10.1 Å². The highest BCUT2D eigenvalue weighted by Gasteiger charge is 2.23. The summed E-state index contributed by atoms with van der Waals surface area (Å²) in [5.74, 6) is -0.0661. The summed E-state index contributed by atoms with van der Waals surface area (Å²) in [7, 11) is 0. The van der Waals surface area contributed by atoms with Gasteiger partial charge in [-0.05, 0) is 22.8 Å². The van der Waals surface area contributed by atoms with Gasteiger partial charge in [-0.2, -0.15) is 19.6 Å². The van der Waals surface area contributed by atoms with E-state index in [2.05, 4.69) is 49.2 Å². The van der Waals surface area contributed by atoms with Crippen molar-refractivity contribution in [1.29, 1.82) is 0 Å². The minimum absolute atomic E-state index is 0.105. The quantitative estimate of drug-likeness (QED) is 0.283. The molecule has 10 nitrogen and oxygen atoms in total. The van der Waals surface area contributed by atoms with Gasteiger partial charge in [0.05, 0.1) is 6.20 Å². The van der Waals surface area contributed by atoms with Crippen LogP contribution in [0.15, 0.2) is 66.5 Å². The van der Waals surface area contributed by atoms with Crippen LogP contribution in [0.5, 0.6) is 0 Å². The molecule has 1 fully saturated rings. The number of carbonyl (C=O) groups excluding carboxylic acids is 2. The molecule has 32 heavy (non-hydrogen) atoms. The van der Waals surface area contributed by atoms with Crippen molar-refractivity contribution in [2.75, 3.05) is 11.1 Å². The Labute approximate surface area is 182 Å². The van der Waals surface area contributed by atoms with Crippen molar-refractivity contribution < 1.29 is 9.59 Å². The van der Waals surface area contributed by atoms with Gasteiger partial charge in [0.1, 0.15) is 5.70 Å². The summed E-state index contributed by atoms with van der Waals surface area (Å²) in [5.41, 5.74) is 10.4. The molecule has 0 aliphatic carbocycles. The fourth-order valence-corrected chi connectivity index (χ4v) is 3.48. The molecule has 5 rings (SSSR count). The Bertz CT molecular complexity index is 1380. The number of nitrogens with one attached hydrogen (secondary N) is 3. The largest absolute Gasteiger partial charge is 0.368 e. The number of benzene rings is 2. The molecule has 1 aliphatic heterocycles. The van der Waals surface area contributed by atoms with Gasteiger partial charge in [-0.1, -0.05) is 54.6 Å². The molecule has 2 aromatic heterocycles. The summed E-state index contributed by atoms with van der Waals surface area (Å²) in [4.78, 5) is 32.0. The second kappa shape index (κ2) is 7.84. The molecule has 0 atom stereocenters. The predicted molar refractivity (Wildman–Crippen MR) is 119 cm³/mol. The van der Waals surface area contributed by atoms with E-state index < -0.39 is 11.9 Å². The Morgan fingerprint density at radius 3 is 2.56 bits per heavy atom. The lowest BCUT2D eigenvalue weighted by atomic mass is 10.00. The summed E-state index contributed by atoms with van der Waals surface area (Å²) >= 11 is 0. The van der Waals surface area contributed by atoms with E-state index in [1.165, 1.54) is 16.8 Å². The van der Waals surface area contributed by atoms with E-state index in [0.717, 1.165) is 16.7 Å². The van der Waals surface area contributed by atoms with Gasteiger partial charge < -0.3 is 16.4 Å². The Kier molecular flexibility index (Phi) is 4.71. The van der Waals surface area contributed by atoms with Crippen LogP contribution in [0, 0.1) is 0 Å². The lowest BCUT2D eigenvalue weighted by Crippen LogP contribution is -2.22. The first-order valence-electron chi connectivity index (χ1n) is 9.81. The Morgan fingerprint density at radius 1 is 1.00 bits per heavy atom. The van der Waals surface area contributed by atoms with Crippen molar-refractivity contribution in [3.63, 3.8) is 0 Å². The molecule has 0 saturated carbocycles. The van der Waals surface area contributed by atoms with E-state index in [-0.39, 0.29) is 11.6 Å². The molecular formula is C22H18N8O2. The van der Waals surface area contributed by atoms with Gasteiger partial charge in [0, 0.05) is 12.1 Å². The fourth-order valence-electron chi connectivity index (χ4n) is 3.48. The lowest BCUT2D eigenvalue weighted by molar-refractivity contribution is -0.115. The Morgan fingerprint density at radius 2 is 1.78 bits per heavy atom. The third-order valence-corrected chi connectivity index (χ3v) is 4.98. The molecule has 4 aromatic rings. The van der Waals surface area contributed by atoms with Gasteiger partial charge >= 0.3 is 6.03 Å². The van der Waals surface area contributed by atoms with Gasteiger partial charge in [0.15, 0.2) is 5.65 Å². The van der Waals surface area contributed by atoms with Crippen molar-refractivity contribution in [2.24, 2.45) is 0 Å². The standard InChI is InChI=1S/C22H18N8O2/c23-20-29-21(24-11-14-8-4-5-9-16(14)13-6-2-1-3-7-13)27-18-15(12-25-30(18)20)10-17-19(31)28-22(32)26-17/h1-10,12H,11H2,(H3,23,24,27,29)(H2,26,28,31,32)/b17-10-. The molecule has 2 aromatic carbocycles. The molecule has 0 spiro atoms. The number of imide groups is 1. The summed E-state index contributed by atoms with van der Waals surface area (Å²) in [5, 5.41) is 12.0. The van der Waals surface area contributed by atoms with E-state index >= 15 is 0 Å². The number of hydrogen-bond acceptors (Lipinski definition) is 7. The molecule has 0 bridgehead atoms. The van der Waals surface area contributed by atoms with Gasteiger partial charge in [-0.25, -0.2) is 4.79 Å². The minimum Gasteiger partial charge on any atom is -0.368 e. The first-order valence-corrected chi connectivity index (χ1v) is 9.81. The molecule has 5 N–H and O–H groups in total. The highest BCUT2D eigenvalue weighted by atomic mass is 16.2. The lowest BCUT2D eigenvalue weighted by Gasteiger charge is -2.11. The molecule has 3 heterocycles. The van der Waals surface area contributed by atoms with E-state index in [1.54, 1.807) is 0 Å². The third kappa shape index (κ3) is 3.60. The highest BCUT2D eigenvalue weighted by molar-refractivity contribution is 6.14. The molecule has 3 amide bonds. The number of hydrogen-bond donors (Lipinski definition) is 4. The second-order valence-electron chi connectivity index (χ2n) is 7.08. The van der Waals surface area contributed by atoms with Crippen molar-refractivity contribution in [2.45, 2.75) is 6.54 Å². The molecule has 1 aliphatic rings. The van der Waals surface area contributed by atoms with E-state index in [4.69, 9.17) is 5.73 Å². The number of urea groups is 1. The van der Waals surface area contributed by atoms with Gasteiger partial charge in [-0.15, -0.1) is 0 Å². The molecular weight excluding hydrogens is 408 g/mol. The first-order chi connectivity index (χ1) is 15.6. The monoisotopic (exact) mass is 426 g/mol. The number of rotatable bonds is 5. The number of nitrogens with zero attached hydrogens (tertiary/aromatic N) is 4. The van der Waals surface area contributed by atoms with Crippen LogP contribution in [-0.2, 0) is 11.3 Å². The topological polar surface area (TPSA) is 139 Å². The van der Waals surface area contributed by atoms with Crippen LogP contribution in [0.1, 0.15) is 11.1 Å². The molecule has 158 valence electrons. The zero-order chi connectivity index (χ0) is 22.1. The van der Waals surface area contributed by atoms with E-state index in [0.29, 0.717) is 23.7 Å². The maximum Gasteiger partial charge on any atom is 0.326 e. The van der Waals surface area contributed by atoms with Crippen molar-refractivity contribution >= 4 is 35.6 Å². The van der Waals surface area contributed by atoms with E-state index in [9.17, 15) is 9.59 Å². The summed E-state index contributed by atoms with van der Waals surface area (Å²) < 4.78 is 1.37. The zero-order valence-corrected chi connectivity index (χ0v) is 16.7. The average molecular weight is 426 g/mol.